The lowest BCUT2D eigenvalue weighted by Crippen LogP contribution is -1.95. The van der Waals surface area contributed by atoms with Gasteiger partial charge in [-0.3, -0.25) is 4.79 Å². The number of hydrogen-bond acceptors (Lipinski definition) is 1. The van der Waals surface area contributed by atoms with E-state index in [9.17, 15) is 9.18 Å². The molecular weight excluding hydrogens is 227 g/mol. The number of aryl methyl sites for hydroxylation is 2. The Hall–Kier alpha value is -1.96. The molecule has 0 fully saturated rings. The largest absolute Gasteiger partial charge is 0.295 e. The molecule has 0 heterocycles. The fourth-order valence-corrected chi connectivity index (χ4v) is 1.87. The molecule has 0 aliphatic carbocycles. The predicted octanol–water partition coefficient (Wildman–Crippen LogP) is 4.31. The van der Waals surface area contributed by atoms with Crippen molar-refractivity contribution in [2.24, 2.45) is 0 Å². The van der Waals surface area contributed by atoms with Gasteiger partial charge in [-0.25, -0.2) is 4.39 Å². The number of hydrogen-bond donors (Lipinski definition) is 0. The Balaban J connectivity index is 2.58. The van der Waals surface area contributed by atoms with Gasteiger partial charge in [0.2, 0.25) is 0 Å². The second kappa shape index (κ2) is 4.73. The number of rotatable bonds is 2. The van der Waals surface area contributed by atoms with Crippen molar-refractivity contribution in [1.82, 2.24) is 0 Å². The van der Waals surface area contributed by atoms with Crippen LogP contribution in [0.1, 0.15) is 28.4 Å². The Labute approximate surface area is 106 Å². The van der Waals surface area contributed by atoms with Gasteiger partial charge in [-0.2, -0.15) is 0 Å². The molecule has 0 radical (unpaired) electrons. The van der Waals surface area contributed by atoms with Crippen LogP contribution in [-0.2, 0) is 0 Å². The molecule has 0 N–H and O–H groups in total. The van der Waals surface area contributed by atoms with Gasteiger partial charge in [0.15, 0.2) is 5.78 Å². The van der Waals surface area contributed by atoms with Crippen LogP contribution in [-0.4, -0.2) is 5.78 Å². The van der Waals surface area contributed by atoms with Gasteiger partial charge in [-0.1, -0.05) is 18.2 Å². The molecular formula is C16H15FO. The van der Waals surface area contributed by atoms with Crippen molar-refractivity contribution in [3.63, 3.8) is 0 Å². The van der Waals surface area contributed by atoms with E-state index in [0.29, 0.717) is 11.1 Å². The van der Waals surface area contributed by atoms with E-state index in [0.717, 1.165) is 11.1 Å². The number of ketones is 1. The summed E-state index contributed by atoms with van der Waals surface area (Å²) in [5.74, 6) is -0.358. The molecule has 2 heteroatoms. The lowest BCUT2D eigenvalue weighted by molar-refractivity contribution is 0.101. The summed E-state index contributed by atoms with van der Waals surface area (Å²) < 4.78 is 13.8. The van der Waals surface area contributed by atoms with Crippen LogP contribution in [0.2, 0.25) is 0 Å². The van der Waals surface area contributed by atoms with Crippen LogP contribution < -0.4 is 0 Å². The first-order valence-electron chi connectivity index (χ1n) is 5.87. The molecule has 0 spiro atoms. The lowest BCUT2D eigenvalue weighted by Gasteiger charge is -2.08. The summed E-state index contributed by atoms with van der Waals surface area (Å²) >= 11 is 0. The molecule has 18 heavy (non-hydrogen) atoms. The molecule has 2 aromatic carbocycles. The van der Waals surface area contributed by atoms with Gasteiger partial charge in [0.05, 0.1) is 0 Å². The molecule has 0 amide bonds. The fourth-order valence-electron chi connectivity index (χ4n) is 1.87. The third-order valence-electron chi connectivity index (χ3n) is 3.19. The summed E-state index contributed by atoms with van der Waals surface area (Å²) in [5.41, 5.74) is 4.09. The van der Waals surface area contributed by atoms with Gasteiger partial charge in [-0.05, 0) is 55.7 Å². The zero-order chi connectivity index (χ0) is 13.3. The zero-order valence-corrected chi connectivity index (χ0v) is 10.8. The second-order valence-corrected chi connectivity index (χ2v) is 4.55. The smallest absolute Gasteiger partial charge is 0.159 e. The number of halogens is 1. The van der Waals surface area contributed by atoms with E-state index in [4.69, 9.17) is 0 Å². The standard InChI is InChI=1S/C16H15FO/c1-10-4-5-14(8-11(10)2)15-9-13(12(3)18)6-7-16(15)17/h4-9H,1-3H3. The lowest BCUT2D eigenvalue weighted by atomic mass is 9.98. The average Bonchev–Trinajstić information content (AvgIpc) is 2.33. The molecule has 0 unspecified atom stereocenters. The SMILES string of the molecule is CC(=O)c1ccc(F)c(-c2ccc(C)c(C)c2)c1. The molecule has 0 saturated heterocycles. The first-order valence-corrected chi connectivity index (χ1v) is 5.87. The predicted molar refractivity (Wildman–Crippen MR) is 71.3 cm³/mol. The minimum Gasteiger partial charge on any atom is -0.295 e. The first-order chi connectivity index (χ1) is 8.49. The summed E-state index contributed by atoms with van der Waals surface area (Å²) in [7, 11) is 0. The van der Waals surface area contributed by atoms with Gasteiger partial charge < -0.3 is 0 Å². The Morgan fingerprint density at radius 1 is 1.00 bits per heavy atom. The first kappa shape index (κ1) is 12.5. The highest BCUT2D eigenvalue weighted by Gasteiger charge is 2.09. The van der Waals surface area contributed by atoms with Crippen molar-refractivity contribution >= 4 is 5.78 Å². The van der Waals surface area contributed by atoms with Gasteiger partial charge in [0, 0.05) is 11.1 Å². The fraction of sp³-hybridized carbons (Fsp3) is 0.188. The maximum atomic E-state index is 13.8. The van der Waals surface area contributed by atoms with Crippen molar-refractivity contribution in [3.05, 3.63) is 58.9 Å². The minimum atomic E-state index is -0.303. The van der Waals surface area contributed by atoms with E-state index < -0.39 is 0 Å². The van der Waals surface area contributed by atoms with Crippen LogP contribution in [0.5, 0.6) is 0 Å². The van der Waals surface area contributed by atoms with Crippen LogP contribution in [0.15, 0.2) is 36.4 Å². The highest BCUT2D eigenvalue weighted by molar-refractivity contribution is 5.95. The molecule has 2 aromatic rings. The summed E-state index contributed by atoms with van der Waals surface area (Å²) in [4.78, 5) is 11.3. The Kier molecular flexibility index (Phi) is 3.28. The third kappa shape index (κ3) is 2.33. The third-order valence-corrected chi connectivity index (χ3v) is 3.19. The molecule has 0 atom stereocenters. The second-order valence-electron chi connectivity index (χ2n) is 4.55. The van der Waals surface area contributed by atoms with E-state index in [-0.39, 0.29) is 11.6 Å². The number of carbonyl (C=O) groups is 1. The highest BCUT2D eigenvalue weighted by Crippen LogP contribution is 2.26. The monoisotopic (exact) mass is 242 g/mol. The summed E-state index contributed by atoms with van der Waals surface area (Å²) in [6.45, 7) is 5.49. The van der Waals surface area contributed by atoms with Crippen LogP contribution in [0.3, 0.4) is 0 Å². The van der Waals surface area contributed by atoms with E-state index in [1.165, 1.54) is 24.6 Å². The normalized spacial score (nSPS) is 10.4. The zero-order valence-electron chi connectivity index (χ0n) is 10.8. The van der Waals surface area contributed by atoms with Crippen LogP contribution in [0.25, 0.3) is 11.1 Å². The van der Waals surface area contributed by atoms with Gasteiger partial charge in [0.1, 0.15) is 5.82 Å². The van der Waals surface area contributed by atoms with E-state index >= 15 is 0 Å². The highest BCUT2D eigenvalue weighted by atomic mass is 19.1. The van der Waals surface area contributed by atoms with Crippen molar-refractivity contribution in [2.45, 2.75) is 20.8 Å². The molecule has 1 nitrogen and oxygen atoms in total. The number of Topliss-reactive ketones (excluding diaryl/α,β-unsaturated/α-hetero) is 1. The summed E-state index contributed by atoms with van der Waals surface area (Å²) in [6.07, 6.45) is 0. The Morgan fingerprint density at radius 2 is 1.72 bits per heavy atom. The van der Waals surface area contributed by atoms with E-state index in [2.05, 4.69) is 0 Å². The molecule has 2 rings (SSSR count). The van der Waals surface area contributed by atoms with Gasteiger partial charge in [0.25, 0.3) is 0 Å². The van der Waals surface area contributed by atoms with Crippen LogP contribution >= 0.6 is 0 Å². The quantitative estimate of drug-likeness (QED) is 0.717. The van der Waals surface area contributed by atoms with Gasteiger partial charge >= 0.3 is 0 Å². The number of carbonyl (C=O) groups excluding carboxylic acids is 1. The molecule has 0 bridgehead atoms. The molecule has 0 aromatic heterocycles. The van der Waals surface area contributed by atoms with Crippen molar-refractivity contribution in [2.75, 3.05) is 0 Å². The van der Waals surface area contributed by atoms with Crippen LogP contribution in [0.4, 0.5) is 4.39 Å². The number of benzene rings is 2. The van der Waals surface area contributed by atoms with Gasteiger partial charge in [-0.15, -0.1) is 0 Å². The van der Waals surface area contributed by atoms with E-state index in [1.807, 2.05) is 32.0 Å². The van der Waals surface area contributed by atoms with Crippen molar-refractivity contribution in [3.8, 4) is 11.1 Å². The summed E-state index contributed by atoms with van der Waals surface area (Å²) in [6, 6.07) is 10.3. The maximum absolute atomic E-state index is 13.8. The van der Waals surface area contributed by atoms with E-state index in [1.54, 1.807) is 6.07 Å². The Morgan fingerprint density at radius 3 is 2.33 bits per heavy atom. The molecule has 0 aliphatic heterocycles. The van der Waals surface area contributed by atoms with Crippen molar-refractivity contribution < 1.29 is 9.18 Å². The molecule has 0 aliphatic rings. The Bertz CT molecular complexity index is 614. The maximum Gasteiger partial charge on any atom is 0.159 e. The average molecular weight is 242 g/mol. The van der Waals surface area contributed by atoms with Crippen molar-refractivity contribution in [1.29, 1.82) is 0 Å². The van der Waals surface area contributed by atoms with Crippen LogP contribution in [0, 0.1) is 19.7 Å². The molecule has 92 valence electrons. The molecule has 0 saturated carbocycles. The topological polar surface area (TPSA) is 17.1 Å². The summed E-state index contributed by atoms with van der Waals surface area (Å²) in [5, 5.41) is 0. The minimum absolute atomic E-state index is 0.0555.